The van der Waals surface area contributed by atoms with Gasteiger partial charge in [0.05, 0.1) is 10.7 Å². The zero-order valence-electron chi connectivity index (χ0n) is 13.4. The molecule has 25 heavy (non-hydrogen) atoms. The minimum absolute atomic E-state index is 0.128. The van der Waals surface area contributed by atoms with E-state index >= 15 is 0 Å². The van der Waals surface area contributed by atoms with Gasteiger partial charge < -0.3 is 5.32 Å². The van der Waals surface area contributed by atoms with E-state index in [-0.39, 0.29) is 5.91 Å². The first-order chi connectivity index (χ1) is 12.3. The van der Waals surface area contributed by atoms with Crippen molar-refractivity contribution in [3.8, 4) is 0 Å². The average molecular weight is 368 g/mol. The predicted octanol–water partition coefficient (Wildman–Crippen LogP) is 3.42. The number of benzene rings is 1. The molecule has 0 atom stereocenters. The van der Waals surface area contributed by atoms with Crippen LogP contribution in [0, 0.1) is 0 Å². The minimum atomic E-state index is -0.128. The Balaban J connectivity index is 1.31. The third kappa shape index (κ3) is 3.78. The van der Waals surface area contributed by atoms with Crippen LogP contribution in [0.2, 0.25) is 0 Å². The fourth-order valence-electron chi connectivity index (χ4n) is 2.56. The van der Waals surface area contributed by atoms with Gasteiger partial charge >= 0.3 is 0 Å². The van der Waals surface area contributed by atoms with Gasteiger partial charge in [0.1, 0.15) is 5.69 Å². The van der Waals surface area contributed by atoms with E-state index in [1.54, 1.807) is 11.3 Å². The van der Waals surface area contributed by atoms with Crippen LogP contribution in [0.25, 0.3) is 4.96 Å². The van der Waals surface area contributed by atoms with Gasteiger partial charge in [-0.1, -0.05) is 30.3 Å². The van der Waals surface area contributed by atoms with Gasteiger partial charge in [-0.15, -0.1) is 22.7 Å². The third-order valence-corrected chi connectivity index (χ3v) is 5.41. The number of fused-ring (bicyclic) bond motifs is 1. The van der Waals surface area contributed by atoms with E-state index < -0.39 is 0 Å². The Bertz CT molecular complexity index is 958. The van der Waals surface area contributed by atoms with Crippen LogP contribution in [0.3, 0.4) is 0 Å². The number of nitrogens with zero attached hydrogens (tertiary/aromatic N) is 3. The molecule has 0 saturated carbocycles. The molecular formula is C18H16N4OS2. The highest BCUT2D eigenvalue weighted by molar-refractivity contribution is 7.15. The van der Waals surface area contributed by atoms with Gasteiger partial charge in [-0.05, 0) is 5.56 Å². The number of hydrogen-bond donors (Lipinski definition) is 1. The molecule has 1 N–H and O–H groups in total. The SMILES string of the molecule is O=C(NCCc1cn2ccsc2n1)c1csc(Cc2ccccc2)n1. The van der Waals surface area contributed by atoms with E-state index in [9.17, 15) is 4.79 Å². The van der Waals surface area contributed by atoms with Gasteiger partial charge in [-0.3, -0.25) is 9.20 Å². The number of aromatic nitrogens is 3. The molecule has 0 aliphatic rings. The van der Waals surface area contributed by atoms with E-state index in [1.807, 2.05) is 45.8 Å². The maximum atomic E-state index is 12.2. The molecule has 0 aliphatic heterocycles. The first-order valence-corrected chi connectivity index (χ1v) is 9.71. The van der Waals surface area contributed by atoms with Crippen LogP contribution < -0.4 is 5.32 Å². The number of rotatable bonds is 6. The molecule has 4 rings (SSSR count). The molecule has 0 aliphatic carbocycles. The summed E-state index contributed by atoms with van der Waals surface area (Å²) in [5.41, 5.74) is 2.67. The topological polar surface area (TPSA) is 59.3 Å². The number of carbonyl (C=O) groups is 1. The number of carbonyl (C=O) groups excluding carboxylic acids is 1. The fraction of sp³-hybridized carbons (Fsp3) is 0.167. The summed E-state index contributed by atoms with van der Waals surface area (Å²) in [6, 6.07) is 10.1. The van der Waals surface area contributed by atoms with E-state index in [0.717, 1.165) is 22.1 Å². The molecule has 0 fully saturated rings. The van der Waals surface area contributed by atoms with Crippen LogP contribution >= 0.6 is 22.7 Å². The van der Waals surface area contributed by atoms with Crippen LogP contribution in [0.4, 0.5) is 0 Å². The fourth-order valence-corrected chi connectivity index (χ4v) is 4.09. The summed E-state index contributed by atoms with van der Waals surface area (Å²) < 4.78 is 2.00. The molecule has 3 aromatic heterocycles. The molecule has 3 heterocycles. The molecule has 0 spiro atoms. The lowest BCUT2D eigenvalue weighted by molar-refractivity contribution is 0.0949. The largest absolute Gasteiger partial charge is 0.350 e. The molecule has 4 aromatic rings. The molecule has 5 nitrogen and oxygen atoms in total. The van der Waals surface area contributed by atoms with Crippen molar-refractivity contribution in [2.75, 3.05) is 6.54 Å². The van der Waals surface area contributed by atoms with Gasteiger partial charge in [0.2, 0.25) is 0 Å². The maximum absolute atomic E-state index is 12.2. The van der Waals surface area contributed by atoms with E-state index in [0.29, 0.717) is 18.7 Å². The number of amides is 1. The quantitative estimate of drug-likeness (QED) is 0.567. The second kappa shape index (κ2) is 7.16. The van der Waals surface area contributed by atoms with Crippen molar-refractivity contribution in [1.29, 1.82) is 0 Å². The number of nitrogens with one attached hydrogen (secondary N) is 1. The highest BCUT2D eigenvalue weighted by Gasteiger charge is 2.11. The lowest BCUT2D eigenvalue weighted by atomic mass is 10.2. The van der Waals surface area contributed by atoms with Crippen molar-refractivity contribution in [3.63, 3.8) is 0 Å². The lowest BCUT2D eigenvalue weighted by Gasteiger charge is -2.01. The summed E-state index contributed by atoms with van der Waals surface area (Å²) in [5.74, 6) is -0.128. The molecule has 1 aromatic carbocycles. The monoisotopic (exact) mass is 368 g/mol. The molecule has 0 radical (unpaired) electrons. The van der Waals surface area contributed by atoms with E-state index in [4.69, 9.17) is 0 Å². The van der Waals surface area contributed by atoms with Crippen molar-refractivity contribution < 1.29 is 4.79 Å². The molecule has 126 valence electrons. The normalized spacial score (nSPS) is 11.0. The second-order valence-corrected chi connectivity index (χ2v) is 7.44. The van der Waals surface area contributed by atoms with E-state index in [1.165, 1.54) is 16.9 Å². The first kappa shape index (κ1) is 16.0. The number of thiazole rings is 2. The molecule has 7 heteroatoms. The highest BCUT2D eigenvalue weighted by atomic mass is 32.1. The van der Waals surface area contributed by atoms with Crippen molar-refractivity contribution in [2.45, 2.75) is 12.8 Å². The van der Waals surface area contributed by atoms with Crippen molar-refractivity contribution >= 4 is 33.5 Å². The standard InChI is InChI=1S/C18H16N4OS2/c23-17(19-7-6-14-11-22-8-9-24-18(22)20-14)15-12-25-16(21-15)10-13-4-2-1-3-5-13/h1-5,8-9,11-12H,6-7,10H2,(H,19,23). The van der Waals surface area contributed by atoms with Crippen LogP contribution in [-0.2, 0) is 12.8 Å². The average Bonchev–Trinajstić information content (AvgIpc) is 3.32. The van der Waals surface area contributed by atoms with Gasteiger partial charge in [-0.2, -0.15) is 0 Å². The molecule has 0 saturated heterocycles. The summed E-state index contributed by atoms with van der Waals surface area (Å²) in [7, 11) is 0. The van der Waals surface area contributed by atoms with Crippen LogP contribution in [0.15, 0.2) is 53.5 Å². The summed E-state index contributed by atoms with van der Waals surface area (Å²) >= 11 is 3.12. The lowest BCUT2D eigenvalue weighted by Crippen LogP contribution is -2.26. The zero-order valence-corrected chi connectivity index (χ0v) is 15.0. The minimum Gasteiger partial charge on any atom is -0.350 e. The van der Waals surface area contributed by atoms with Crippen LogP contribution in [0.5, 0.6) is 0 Å². The van der Waals surface area contributed by atoms with Gasteiger partial charge in [0.15, 0.2) is 4.96 Å². The summed E-state index contributed by atoms with van der Waals surface area (Å²) in [4.78, 5) is 22.2. The first-order valence-electron chi connectivity index (χ1n) is 7.95. The van der Waals surface area contributed by atoms with E-state index in [2.05, 4.69) is 27.4 Å². The van der Waals surface area contributed by atoms with Gasteiger partial charge in [-0.25, -0.2) is 9.97 Å². The predicted molar refractivity (Wildman–Crippen MR) is 100 cm³/mol. The zero-order chi connectivity index (χ0) is 17.1. The smallest absolute Gasteiger partial charge is 0.270 e. The Morgan fingerprint density at radius 2 is 2.04 bits per heavy atom. The Hall–Kier alpha value is -2.51. The summed E-state index contributed by atoms with van der Waals surface area (Å²) in [6.07, 6.45) is 5.45. The summed E-state index contributed by atoms with van der Waals surface area (Å²) in [6.45, 7) is 0.551. The molecule has 0 unspecified atom stereocenters. The summed E-state index contributed by atoms with van der Waals surface area (Å²) in [5, 5.41) is 7.69. The van der Waals surface area contributed by atoms with Gasteiger partial charge in [0.25, 0.3) is 5.91 Å². The van der Waals surface area contributed by atoms with Crippen molar-refractivity contribution in [2.24, 2.45) is 0 Å². The number of hydrogen-bond acceptors (Lipinski definition) is 5. The maximum Gasteiger partial charge on any atom is 0.270 e. The second-order valence-electron chi connectivity index (χ2n) is 5.62. The Kier molecular flexibility index (Phi) is 4.58. The van der Waals surface area contributed by atoms with Crippen molar-refractivity contribution in [3.05, 3.63) is 75.4 Å². The number of imidazole rings is 1. The molecule has 0 bridgehead atoms. The van der Waals surface area contributed by atoms with Crippen LogP contribution in [0.1, 0.15) is 26.8 Å². The Labute approximate surface area is 153 Å². The molecular weight excluding hydrogens is 352 g/mol. The van der Waals surface area contributed by atoms with Crippen LogP contribution in [-0.4, -0.2) is 26.8 Å². The highest BCUT2D eigenvalue weighted by Crippen LogP contribution is 2.15. The third-order valence-electron chi connectivity index (χ3n) is 3.79. The van der Waals surface area contributed by atoms with Gasteiger partial charge in [0, 0.05) is 42.5 Å². The van der Waals surface area contributed by atoms with Crippen molar-refractivity contribution in [1.82, 2.24) is 19.7 Å². The Morgan fingerprint density at radius 3 is 2.88 bits per heavy atom. The Morgan fingerprint density at radius 1 is 1.16 bits per heavy atom. The molecule has 1 amide bonds.